The molecule has 1 amide bonds. The number of carbonyl (C=O) groups is 2. The highest BCUT2D eigenvalue weighted by atomic mass is 16.6. The molecule has 0 unspecified atom stereocenters. The molecule has 1 aliphatic rings. The first-order valence-corrected chi connectivity index (χ1v) is 4.79. The first-order valence-electron chi connectivity index (χ1n) is 4.79. The van der Waals surface area contributed by atoms with Crippen LogP contribution in [0.2, 0.25) is 0 Å². The number of nitro groups is 1. The number of phenolic OH excluding ortho intramolecular Hbond substituents is 1. The van der Waals surface area contributed by atoms with E-state index in [1.54, 1.807) is 0 Å². The van der Waals surface area contributed by atoms with Crippen LogP contribution in [0.4, 0.5) is 11.4 Å². The van der Waals surface area contributed by atoms with Gasteiger partial charge in [-0.05, 0) is 6.07 Å². The van der Waals surface area contributed by atoms with Gasteiger partial charge in [-0.15, -0.1) is 0 Å². The number of phenols is 1. The normalized spacial score (nSPS) is 15.4. The van der Waals surface area contributed by atoms with Gasteiger partial charge in [0.05, 0.1) is 17.9 Å². The molecule has 1 heterocycles. The fourth-order valence-corrected chi connectivity index (χ4v) is 1.73. The summed E-state index contributed by atoms with van der Waals surface area (Å²) < 4.78 is 0. The quantitative estimate of drug-likeness (QED) is 0.460. The van der Waals surface area contributed by atoms with Crippen LogP contribution in [-0.4, -0.2) is 28.3 Å². The molecule has 0 atom stereocenters. The standard InChI is InChI=1S/C10H8N2O5/c13-6-4-9(15)11(5-6)10-7(12(16)17)2-1-3-8(10)14/h1-3,14H,4-5H2. The molecule has 1 fully saturated rings. The summed E-state index contributed by atoms with van der Waals surface area (Å²) in [4.78, 5) is 33.6. The van der Waals surface area contributed by atoms with E-state index in [0.29, 0.717) is 0 Å². The van der Waals surface area contributed by atoms with Crippen molar-refractivity contribution < 1.29 is 19.6 Å². The van der Waals surface area contributed by atoms with Crippen LogP contribution in [0.3, 0.4) is 0 Å². The molecule has 88 valence electrons. The topological polar surface area (TPSA) is 101 Å². The van der Waals surface area contributed by atoms with E-state index >= 15 is 0 Å². The minimum absolute atomic E-state index is 0.214. The number of carbonyl (C=O) groups excluding carboxylic acids is 2. The molecule has 1 saturated heterocycles. The maximum absolute atomic E-state index is 11.5. The van der Waals surface area contributed by atoms with E-state index in [1.807, 2.05) is 0 Å². The highest BCUT2D eigenvalue weighted by molar-refractivity contribution is 6.16. The number of aromatic hydroxyl groups is 1. The van der Waals surface area contributed by atoms with Crippen LogP contribution in [0.1, 0.15) is 6.42 Å². The summed E-state index contributed by atoms with van der Waals surface area (Å²) in [6.07, 6.45) is -0.286. The smallest absolute Gasteiger partial charge is 0.296 e. The van der Waals surface area contributed by atoms with Crippen molar-refractivity contribution >= 4 is 23.1 Å². The van der Waals surface area contributed by atoms with Crippen LogP contribution in [0.5, 0.6) is 5.75 Å². The Morgan fingerprint density at radius 2 is 2.06 bits per heavy atom. The van der Waals surface area contributed by atoms with Gasteiger partial charge in [-0.3, -0.25) is 24.6 Å². The molecule has 0 bridgehead atoms. The molecule has 0 aliphatic carbocycles. The lowest BCUT2D eigenvalue weighted by Crippen LogP contribution is -2.25. The molecule has 0 spiro atoms. The SMILES string of the molecule is O=C1CC(=O)N(c2c(O)cccc2[N+](=O)[O-])C1. The predicted octanol–water partition coefficient (Wildman–Crippen LogP) is 0.606. The average molecular weight is 236 g/mol. The van der Waals surface area contributed by atoms with E-state index in [4.69, 9.17) is 0 Å². The van der Waals surface area contributed by atoms with Gasteiger partial charge in [0, 0.05) is 6.07 Å². The number of para-hydroxylation sites is 1. The molecule has 1 aromatic carbocycles. The van der Waals surface area contributed by atoms with Crippen molar-refractivity contribution in [1.82, 2.24) is 0 Å². The molecule has 1 N–H and O–H groups in total. The number of benzene rings is 1. The van der Waals surface area contributed by atoms with Crippen molar-refractivity contribution in [3.63, 3.8) is 0 Å². The molecule has 17 heavy (non-hydrogen) atoms. The molecular weight excluding hydrogens is 228 g/mol. The highest BCUT2D eigenvalue weighted by Gasteiger charge is 2.34. The number of Topliss-reactive ketones (excluding diaryl/α,β-unsaturated/α-hetero) is 1. The van der Waals surface area contributed by atoms with Crippen LogP contribution in [-0.2, 0) is 9.59 Å². The summed E-state index contributed by atoms with van der Waals surface area (Å²) in [6, 6.07) is 3.71. The van der Waals surface area contributed by atoms with E-state index in [1.165, 1.54) is 18.2 Å². The average Bonchev–Trinajstić information content (AvgIpc) is 2.57. The van der Waals surface area contributed by atoms with Gasteiger partial charge >= 0.3 is 0 Å². The third-order valence-corrected chi connectivity index (χ3v) is 2.44. The van der Waals surface area contributed by atoms with Crippen LogP contribution in [0.15, 0.2) is 18.2 Å². The number of rotatable bonds is 2. The number of hydrogen-bond acceptors (Lipinski definition) is 5. The van der Waals surface area contributed by atoms with Crippen LogP contribution < -0.4 is 4.90 Å². The number of hydrogen-bond donors (Lipinski definition) is 1. The Labute approximate surface area is 95.4 Å². The molecule has 1 aliphatic heterocycles. The third kappa shape index (κ3) is 1.82. The Morgan fingerprint density at radius 3 is 2.59 bits per heavy atom. The summed E-state index contributed by atoms with van der Waals surface area (Å²) in [6.45, 7) is -0.239. The number of amides is 1. The number of nitro benzene ring substituents is 1. The summed E-state index contributed by atoms with van der Waals surface area (Å²) in [5.74, 6) is -1.26. The molecule has 0 aromatic heterocycles. The van der Waals surface area contributed by atoms with Gasteiger partial charge in [-0.25, -0.2) is 0 Å². The van der Waals surface area contributed by atoms with Crippen molar-refractivity contribution in [3.8, 4) is 5.75 Å². The van der Waals surface area contributed by atoms with E-state index in [2.05, 4.69) is 0 Å². The van der Waals surface area contributed by atoms with Crippen molar-refractivity contribution in [3.05, 3.63) is 28.3 Å². The summed E-state index contributed by atoms with van der Waals surface area (Å²) in [7, 11) is 0. The number of nitrogens with zero attached hydrogens (tertiary/aromatic N) is 2. The van der Waals surface area contributed by atoms with Crippen LogP contribution >= 0.6 is 0 Å². The highest BCUT2D eigenvalue weighted by Crippen LogP contribution is 2.38. The fourth-order valence-electron chi connectivity index (χ4n) is 1.73. The first kappa shape index (κ1) is 11.1. The maximum atomic E-state index is 11.5. The summed E-state index contributed by atoms with van der Waals surface area (Å²) >= 11 is 0. The molecule has 7 heteroatoms. The van der Waals surface area contributed by atoms with Gasteiger partial charge in [0.15, 0.2) is 11.5 Å². The lowest BCUT2D eigenvalue weighted by atomic mass is 10.2. The molecule has 0 saturated carbocycles. The van der Waals surface area contributed by atoms with Crippen LogP contribution in [0.25, 0.3) is 0 Å². The van der Waals surface area contributed by atoms with Gasteiger partial charge in [0.25, 0.3) is 5.69 Å². The number of anilines is 1. The van der Waals surface area contributed by atoms with E-state index < -0.39 is 16.5 Å². The second-order valence-corrected chi connectivity index (χ2v) is 3.60. The van der Waals surface area contributed by atoms with Crippen molar-refractivity contribution in [2.75, 3.05) is 11.4 Å². The second-order valence-electron chi connectivity index (χ2n) is 3.60. The summed E-state index contributed by atoms with van der Waals surface area (Å²) in [5.41, 5.74) is -0.610. The minimum Gasteiger partial charge on any atom is -0.505 e. The molecular formula is C10H8N2O5. The monoisotopic (exact) mass is 236 g/mol. The van der Waals surface area contributed by atoms with E-state index in [0.717, 1.165) is 4.90 Å². The Kier molecular flexibility index (Phi) is 2.51. The zero-order chi connectivity index (χ0) is 12.6. The van der Waals surface area contributed by atoms with Crippen molar-refractivity contribution in [1.29, 1.82) is 0 Å². The minimum atomic E-state index is -0.703. The number of ketones is 1. The van der Waals surface area contributed by atoms with Gasteiger partial charge in [-0.1, -0.05) is 6.07 Å². The third-order valence-electron chi connectivity index (χ3n) is 2.44. The lowest BCUT2D eigenvalue weighted by Gasteiger charge is -2.15. The van der Waals surface area contributed by atoms with Crippen molar-refractivity contribution in [2.45, 2.75) is 6.42 Å². The largest absolute Gasteiger partial charge is 0.505 e. The van der Waals surface area contributed by atoms with Gasteiger partial charge in [0.2, 0.25) is 5.91 Å². The Hall–Kier alpha value is -2.44. The summed E-state index contributed by atoms with van der Waals surface area (Å²) in [5, 5.41) is 20.4. The van der Waals surface area contributed by atoms with Gasteiger partial charge < -0.3 is 5.11 Å². The molecule has 7 nitrogen and oxygen atoms in total. The Bertz CT molecular complexity index is 525. The van der Waals surface area contributed by atoms with Crippen LogP contribution in [0, 0.1) is 10.1 Å². The zero-order valence-electron chi connectivity index (χ0n) is 8.62. The molecule has 2 rings (SSSR count). The maximum Gasteiger partial charge on any atom is 0.296 e. The zero-order valence-corrected chi connectivity index (χ0v) is 8.62. The lowest BCUT2D eigenvalue weighted by molar-refractivity contribution is -0.384. The molecule has 1 aromatic rings. The predicted molar refractivity (Wildman–Crippen MR) is 56.7 cm³/mol. The van der Waals surface area contributed by atoms with E-state index in [-0.39, 0.29) is 30.2 Å². The fraction of sp³-hybridized carbons (Fsp3) is 0.200. The second kappa shape index (κ2) is 3.85. The Morgan fingerprint density at radius 1 is 1.35 bits per heavy atom. The van der Waals surface area contributed by atoms with E-state index in [9.17, 15) is 24.8 Å². The molecule has 0 radical (unpaired) electrons. The van der Waals surface area contributed by atoms with Crippen molar-refractivity contribution in [2.24, 2.45) is 0 Å². The van der Waals surface area contributed by atoms with Gasteiger partial charge in [-0.2, -0.15) is 0 Å². The van der Waals surface area contributed by atoms with Gasteiger partial charge in [0.1, 0.15) is 5.75 Å². The Balaban J connectivity index is 2.54. The first-order chi connectivity index (χ1) is 8.00.